The molecule has 114 valence electrons. The zero-order valence-electron chi connectivity index (χ0n) is 12.2. The van der Waals surface area contributed by atoms with Gasteiger partial charge in [-0.3, -0.25) is 0 Å². The fourth-order valence-electron chi connectivity index (χ4n) is 2.18. The summed E-state index contributed by atoms with van der Waals surface area (Å²) < 4.78 is 6.92. The van der Waals surface area contributed by atoms with Gasteiger partial charge in [-0.1, -0.05) is 0 Å². The molecule has 3 rings (SSSR count). The SMILES string of the molecule is COc1ccc(-n2ncc3c(NCCCO)ncnc32)cc1. The van der Waals surface area contributed by atoms with Crippen molar-refractivity contribution < 1.29 is 9.84 Å². The first-order valence-electron chi connectivity index (χ1n) is 7.01. The van der Waals surface area contributed by atoms with E-state index in [0.29, 0.717) is 13.0 Å². The van der Waals surface area contributed by atoms with E-state index in [-0.39, 0.29) is 6.61 Å². The molecule has 7 heteroatoms. The number of hydrogen-bond donors (Lipinski definition) is 2. The number of rotatable bonds is 6. The first-order chi connectivity index (χ1) is 10.8. The van der Waals surface area contributed by atoms with Crippen LogP contribution in [-0.4, -0.2) is 45.1 Å². The first-order valence-corrected chi connectivity index (χ1v) is 7.01. The maximum atomic E-state index is 8.85. The van der Waals surface area contributed by atoms with Gasteiger partial charge in [0, 0.05) is 13.2 Å². The molecule has 0 unspecified atom stereocenters. The summed E-state index contributed by atoms with van der Waals surface area (Å²) in [7, 11) is 1.63. The maximum absolute atomic E-state index is 8.85. The van der Waals surface area contributed by atoms with Crippen LogP contribution < -0.4 is 10.1 Å². The van der Waals surface area contributed by atoms with Gasteiger partial charge in [-0.05, 0) is 30.7 Å². The molecule has 0 radical (unpaired) electrons. The average molecular weight is 299 g/mol. The summed E-state index contributed by atoms with van der Waals surface area (Å²) in [6.07, 6.45) is 3.91. The number of aromatic nitrogens is 4. The van der Waals surface area contributed by atoms with E-state index in [2.05, 4.69) is 20.4 Å². The molecule has 0 spiro atoms. The highest BCUT2D eigenvalue weighted by molar-refractivity contribution is 5.87. The first kappa shape index (κ1) is 14.3. The van der Waals surface area contributed by atoms with E-state index in [1.807, 2.05) is 24.3 Å². The van der Waals surface area contributed by atoms with Crippen LogP contribution in [0.3, 0.4) is 0 Å². The van der Waals surface area contributed by atoms with Gasteiger partial charge in [0.1, 0.15) is 17.9 Å². The number of benzene rings is 1. The molecule has 0 aliphatic heterocycles. The maximum Gasteiger partial charge on any atom is 0.168 e. The lowest BCUT2D eigenvalue weighted by Crippen LogP contribution is -2.06. The van der Waals surface area contributed by atoms with Gasteiger partial charge in [0.25, 0.3) is 0 Å². The van der Waals surface area contributed by atoms with Crippen LogP contribution in [0.25, 0.3) is 16.7 Å². The van der Waals surface area contributed by atoms with Crippen molar-refractivity contribution in [3.8, 4) is 11.4 Å². The van der Waals surface area contributed by atoms with Gasteiger partial charge in [0.2, 0.25) is 0 Å². The monoisotopic (exact) mass is 299 g/mol. The minimum absolute atomic E-state index is 0.145. The van der Waals surface area contributed by atoms with E-state index >= 15 is 0 Å². The van der Waals surface area contributed by atoms with Crippen LogP contribution in [0.2, 0.25) is 0 Å². The van der Waals surface area contributed by atoms with Gasteiger partial charge in [0.05, 0.1) is 24.4 Å². The highest BCUT2D eigenvalue weighted by Gasteiger charge is 2.10. The van der Waals surface area contributed by atoms with Gasteiger partial charge >= 0.3 is 0 Å². The quantitative estimate of drug-likeness (QED) is 0.673. The van der Waals surface area contributed by atoms with Crippen LogP contribution in [0, 0.1) is 0 Å². The molecule has 0 saturated heterocycles. The molecule has 0 aliphatic rings. The van der Waals surface area contributed by atoms with Gasteiger partial charge in [-0.2, -0.15) is 5.10 Å². The van der Waals surface area contributed by atoms with Gasteiger partial charge in [-0.15, -0.1) is 0 Å². The molecular weight excluding hydrogens is 282 g/mol. The number of nitrogens with one attached hydrogen (secondary N) is 1. The summed E-state index contributed by atoms with van der Waals surface area (Å²) in [4.78, 5) is 8.55. The topological polar surface area (TPSA) is 85.1 Å². The standard InChI is InChI=1S/C15H17N5O2/c1-22-12-5-3-11(4-6-12)20-15-13(9-19-20)14(17-10-18-15)16-7-2-8-21/h3-6,9-10,21H,2,7-8H2,1H3,(H,16,17,18). The van der Waals surface area contributed by atoms with E-state index < -0.39 is 0 Å². The molecule has 0 saturated carbocycles. The van der Waals surface area contributed by atoms with Crippen molar-refractivity contribution >= 4 is 16.9 Å². The van der Waals surface area contributed by atoms with Crippen molar-refractivity contribution in [2.24, 2.45) is 0 Å². The minimum Gasteiger partial charge on any atom is -0.497 e. The number of hydrogen-bond acceptors (Lipinski definition) is 6. The van der Waals surface area contributed by atoms with Crippen molar-refractivity contribution in [1.29, 1.82) is 0 Å². The molecular formula is C15H17N5O2. The molecule has 0 aliphatic carbocycles. The number of fused-ring (bicyclic) bond motifs is 1. The van der Waals surface area contributed by atoms with E-state index in [4.69, 9.17) is 9.84 Å². The van der Waals surface area contributed by atoms with Crippen molar-refractivity contribution in [2.75, 3.05) is 25.6 Å². The summed E-state index contributed by atoms with van der Waals surface area (Å²) in [6, 6.07) is 7.60. The molecule has 0 bridgehead atoms. The summed E-state index contributed by atoms with van der Waals surface area (Å²) >= 11 is 0. The average Bonchev–Trinajstić information content (AvgIpc) is 3.00. The van der Waals surface area contributed by atoms with Crippen LogP contribution in [-0.2, 0) is 0 Å². The number of aliphatic hydroxyl groups excluding tert-OH is 1. The van der Waals surface area contributed by atoms with Crippen molar-refractivity contribution in [3.63, 3.8) is 0 Å². The second kappa shape index (κ2) is 6.40. The molecule has 22 heavy (non-hydrogen) atoms. The van der Waals surface area contributed by atoms with E-state index in [1.54, 1.807) is 18.0 Å². The number of nitrogens with zero attached hydrogens (tertiary/aromatic N) is 4. The molecule has 2 heterocycles. The van der Waals surface area contributed by atoms with E-state index in [0.717, 1.165) is 28.3 Å². The third-order valence-corrected chi connectivity index (χ3v) is 3.31. The van der Waals surface area contributed by atoms with Crippen LogP contribution in [0.1, 0.15) is 6.42 Å². The van der Waals surface area contributed by atoms with Crippen LogP contribution in [0.15, 0.2) is 36.8 Å². The van der Waals surface area contributed by atoms with Crippen molar-refractivity contribution in [3.05, 3.63) is 36.8 Å². The Morgan fingerprint density at radius 3 is 2.77 bits per heavy atom. The predicted octanol–water partition coefficient (Wildman–Crippen LogP) is 1.62. The fraction of sp³-hybridized carbons (Fsp3) is 0.267. The molecule has 3 aromatic rings. The Morgan fingerprint density at radius 1 is 1.23 bits per heavy atom. The highest BCUT2D eigenvalue weighted by atomic mass is 16.5. The fourth-order valence-corrected chi connectivity index (χ4v) is 2.18. The Hall–Kier alpha value is -2.67. The largest absolute Gasteiger partial charge is 0.497 e. The van der Waals surface area contributed by atoms with E-state index in [1.165, 1.54) is 6.33 Å². The lowest BCUT2D eigenvalue weighted by atomic mass is 10.3. The summed E-state index contributed by atoms with van der Waals surface area (Å²) in [6.45, 7) is 0.794. The van der Waals surface area contributed by atoms with Crippen molar-refractivity contribution in [2.45, 2.75) is 6.42 Å². The van der Waals surface area contributed by atoms with Gasteiger partial charge < -0.3 is 15.2 Å². The highest BCUT2D eigenvalue weighted by Crippen LogP contribution is 2.22. The number of anilines is 1. The Balaban J connectivity index is 1.95. The van der Waals surface area contributed by atoms with Gasteiger partial charge in [0.15, 0.2) is 5.65 Å². The molecule has 1 aromatic carbocycles. The van der Waals surface area contributed by atoms with Crippen LogP contribution >= 0.6 is 0 Å². The summed E-state index contributed by atoms with van der Waals surface area (Å²) in [5.74, 6) is 1.51. The van der Waals surface area contributed by atoms with Gasteiger partial charge in [-0.25, -0.2) is 14.6 Å². The van der Waals surface area contributed by atoms with Crippen LogP contribution in [0.4, 0.5) is 5.82 Å². The normalized spacial score (nSPS) is 10.8. The number of methoxy groups -OCH3 is 1. The zero-order valence-corrected chi connectivity index (χ0v) is 12.2. The lowest BCUT2D eigenvalue weighted by Gasteiger charge is -2.06. The molecule has 0 amide bonds. The Bertz CT molecular complexity index is 754. The summed E-state index contributed by atoms with van der Waals surface area (Å²) in [5.41, 5.74) is 1.63. The second-order valence-electron chi connectivity index (χ2n) is 4.72. The molecule has 7 nitrogen and oxygen atoms in total. The molecule has 2 N–H and O–H groups in total. The van der Waals surface area contributed by atoms with Crippen molar-refractivity contribution in [1.82, 2.24) is 19.7 Å². The molecule has 0 atom stereocenters. The zero-order chi connectivity index (χ0) is 15.4. The summed E-state index contributed by atoms with van der Waals surface area (Å²) in [5, 5.41) is 17.3. The second-order valence-corrected chi connectivity index (χ2v) is 4.72. The molecule has 2 aromatic heterocycles. The Labute approximate surface area is 127 Å². The van der Waals surface area contributed by atoms with E-state index in [9.17, 15) is 0 Å². The third-order valence-electron chi connectivity index (χ3n) is 3.31. The Morgan fingerprint density at radius 2 is 2.05 bits per heavy atom. The van der Waals surface area contributed by atoms with Crippen LogP contribution in [0.5, 0.6) is 5.75 Å². The lowest BCUT2D eigenvalue weighted by molar-refractivity contribution is 0.292. The minimum atomic E-state index is 0.145. The number of aliphatic hydroxyl groups is 1. The smallest absolute Gasteiger partial charge is 0.168 e. The predicted molar refractivity (Wildman–Crippen MR) is 83.4 cm³/mol. The number of ether oxygens (including phenoxy) is 1. The Kier molecular flexibility index (Phi) is 4.15. The third kappa shape index (κ3) is 2.71. The molecule has 0 fully saturated rings.